The molecule has 1 aromatic carbocycles. The van der Waals surface area contributed by atoms with E-state index in [4.69, 9.17) is 21.5 Å². The summed E-state index contributed by atoms with van der Waals surface area (Å²) in [5, 5.41) is 8.03. The van der Waals surface area contributed by atoms with Gasteiger partial charge in [0.2, 0.25) is 0 Å². The van der Waals surface area contributed by atoms with Crippen LogP contribution in [-0.4, -0.2) is 11.2 Å². The average molecular weight is 214 g/mol. The molecule has 3 nitrogen and oxygen atoms in total. The van der Waals surface area contributed by atoms with Gasteiger partial charge in [0.1, 0.15) is 0 Å². The molecule has 76 valence electrons. The first-order valence-electron chi connectivity index (χ1n) is 4.33. The highest BCUT2D eigenvalue weighted by molar-refractivity contribution is 6.30. The Balaban J connectivity index is 0.000000213. The topological polar surface area (TPSA) is 63.3 Å². The summed E-state index contributed by atoms with van der Waals surface area (Å²) in [4.78, 5) is 8.78. The van der Waals surface area contributed by atoms with Gasteiger partial charge in [0.15, 0.2) is 0 Å². The Hall–Kier alpha value is -1.22. The van der Waals surface area contributed by atoms with Crippen molar-refractivity contribution in [1.82, 2.24) is 0 Å². The van der Waals surface area contributed by atoms with E-state index in [1.807, 2.05) is 12.1 Å². The van der Waals surface area contributed by atoms with Crippen molar-refractivity contribution in [2.24, 2.45) is 5.73 Å². The third-order valence-corrected chi connectivity index (χ3v) is 2.17. The van der Waals surface area contributed by atoms with Gasteiger partial charge in [-0.1, -0.05) is 23.7 Å². The summed E-state index contributed by atoms with van der Waals surface area (Å²) in [7, 11) is 0. The minimum atomic E-state index is -1.33. The van der Waals surface area contributed by atoms with E-state index in [1.165, 1.54) is 18.4 Å². The van der Waals surface area contributed by atoms with Crippen molar-refractivity contribution >= 4 is 17.7 Å². The first kappa shape index (κ1) is 10.9. The highest BCUT2D eigenvalue weighted by Gasteiger charge is 2.22. The smallest absolute Gasteiger partial charge is 0.402 e. The fraction of sp³-hybridized carbons (Fsp3) is 0.300. The fourth-order valence-corrected chi connectivity index (χ4v) is 1.28. The maximum Gasteiger partial charge on any atom is 0.402 e. The predicted molar refractivity (Wildman–Crippen MR) is 55.6 cm³/mol. The van der Waals surface area contributed by atoms with Gasteiger partial charge in [-0.15, -0.1) is 0 Å². The van der Waals surface area contributed by atoms with E-state index in [0.29, 0.717) is 0 Å². The second-order valence-corrected chi connectivity index (χ2v) is 3.60. The van der Waals surface area contributed by atoms with Crippen LogP contribution < -0.4 is 5.73 Å². The molecule has 1 aliphatic rings. The zero-order valence-corrected chi connectivity index (χ0v) is 8.37. The van der Waals surface area contributed by atoms with Gasteiger partial charge in [0.05, 0.1) is 0 Å². The molecule has 1 aliphatic carbocycles. The number of halogens is 1. The largest absolute Gasteiger partial charge is 0.465 e. The molecule has 0 radical (unpaired) electrons. The normalized spacial score (nSPS) is 14.1. The molecule has 1 fully saturated rings. The van der Waals surface area contributed by atoms with Crippen molar-refractivity contribution in [3.05, 3.63) is 34.9 Å². The van der Waals surface area contributed by atoms with Crippen LogP contribution in [0.1, 0.15) is 24.3 Å². The molecule has 0 atom stereocenters. The molecule has 3 N–H and O–H groups in total. The second-order valence-electron chi connectivity index (χ2n) is 3.16. The molecular weight excluding hydrogens is 202 g/mol. The lowest BCUT2D eigenvalue weighted by molar-refractivity contribution is 0.205. The van der Waals surface area contributed by atoms with Crippen molar-refractivity contribution in [1.29, 1.82) is 0 Å². The van der Waals surface area contributed by atoms with Gasteiger partial charge in [-0.2, -0.15) is 0 Å². The minimum Gasteiger partial charge on any atom is -0.465 e. The number of hydrogen-bond acceptors (Lipinski definition) is 1. The summed E-state index contributed by atoms with van der Waals surface area (Å²) in [5.41, 5.74) is 5.48. The number of rotatable bonds is 1. The Labute approximate surface area is 87.5 Å². The zero-order chi connectivity index (χ0) is 10.6. The number of hydrogen-bond donors (Lipinski definition) is 2. The molecule has 1 aromatic rings. The maximum atomic E-state index is 8.78. The van der Waals surface area contributed by atoms with Crippen LogP contribution in [0.4, 0.5) is 4.79 Å². The quantitative estimate of drug-likeness (QED) is 0.754. The first-order valence-corrected chi connectivity index (χ1v) is 4.71. The summed E-state index contributed by atoms with van der Waals surface area (Å²) >= 11 is 5.74. The Morgan fingerprint density at radius 1 is 1.36 bits per heavy atom. The van der Waals surface area contributed by atoms with Gasteiger partial charge in [0, 0.05) is 5.02 Å². The van der Waals surface area contributed by atoms with Crippen molar-refractivity contribution in [2.45, 2.75) is 18.8 Å². The van der Waals surface area contributed by atoms with Crippen LogP contribution in [0.5, 0.6) is 0 Å². The van der Waals surface area contributed by atoms with E-state index in [1.54, 1.807) is 0 Å². The van der Waals surface area contributed by atoms with Crippen LogP contribution >= 0.6 is 11.6 Å². The molecule has 1 amide bonds. The maximum absolute atomic E-state index is 8.78. The van der Waals surface area contributed by atoms with Crippen LogP contribution in [0, 0.1) is 0 Å². The lowest BCUT2D eigenvalue weighted by atomic mass is 10.1. The molecule has 1 saturated carbocycles. The summed E-state index contributed by atoms with van der Waals surface area (Å²) in [6, 6.07) is 8.18. The lowest BCUT2D eigenvalue weighted by Gasteiger charge is -1.95. The summed E-state index contributed by atoms with van der Waals surface area (Å²) in [6.07, 6.45) is 1.39. The van der Waals surface area contributed by atoms with Crippen LogP contribution in [0.25, 0.3) is 0 Å². The third kappa shape index (κ3) is 4.14. The number of carboxylic acid groups (broad SMARTS) is 1. The van der Waals surface area contributed by atoms with Crippen molar-refractivity contribution in [2.75, 3.05) is 0 Å². The van der Waals surface area contributed by atoms with E-state index in [0.717, 1.165) is 10.9 Å². The van der Waals surface area contributed by atoms with Gasteiger partial charge in [0.25, 0.3) is 0 Å². The number of primary amides is 1. The summed E-state index contributed by atoms with van der Waals surface area (Å²) < 4.78 is 0. The summed E-state index contributed by atoms with van der Waals surface area (Å²) in [6.45, 7) is 0. The zero-order valence-electron chi connectivity index (χ0n) is 7.61. The van der Waals surface area contributed by atoms with Gasteiger partial charge < -0.3 is 10.8 Å². The third-order valence-electron chi connectivity index (χ3n) is 1.92. The number of nitrogens with two attached hydrogens (primary N) is 1. The molecule has 4 heteroatoms. The molecule has 2 rings (SSSR count). The van der Waals surface area contributed by atoms with E-state index >= 15 is 0 Å². The SMILES string of the molecule is Clc1ccc(C2CC2)cc1.NC(=O)O. The molecule has 0 spiro atoms. The average Bonchev–Trinajstić information content (AvgIpc) is 2.87. The Morgan fingerprint density at radius 3 is 2.14 bits per heavy atom. The molecule has 0 aliphatic heterocycles. The van der Waals surface area contributed by atoms with Crippen molar-refractivity contribution in [3.63, 3.8) is 0 Å². The Bertz CT molecular complexity index is 302. The van der Waals surface area contributed by atoms with Gasteiger partial charge in [-0.25, -0.2) is 4.79 Å². The van der Waals surface area contributed by atoms with Gasteiger partial charge >= 0.3 is 6.09 Å². The van der Waals surface area contributed by atoms with E-state index in [2.05, 4.69) is 17.9 Å². The van der Waals surface area contributed by atoms with Crippen LogP contribution in [0.15, 0.2) is 24.3 Å². The first-order chi connectivity index (χ1) is 6.59. The van der Waals surface area contributed by atoms with Crippen LogP contribution in [0.3, 0.4) is 0 Å². The van der Waals surface area contributed by atoms with Crippen molar-refractivity contribution in [3.8, 4) is 0 Å². The van der Waals surface area contributed by atoms with E-state index in [9.17, 15) is 0 Å². The minimum absolute atomic E-state index is 0.837. The predicted octanol–water partition coefficient (Wildman–Crippen LogP) is 2.84. The molecule has 0 heterocycles. The number of amides is 1. The van der Waals surface area contributed by atoms with Crippen LogP contribution in [0.2, 0.25) is 5.02 Å². The lowest BCUT2D eigenvalue weighted by Crippen LogP contribution is -2.03. The standard InChI is InChI=1S/C9H9Cl.CH3NO2/c10-9-5-3-8(4-6-9)7-1-2-7;2-1(3)4/h3-7H,1-2H2;2H2,(H,3,4). The molecule has 14 heavy (non-hydrogen) atoms. The number of benzene rings is 1. The number of carbonyl (C=O) groups is 1. The van der Waals surface area contributed by atoms with E-state index < -0.39 is 6.09 Å². The van der Waals surface area contributed by atoms with Gasteiger partial charge in [-0.05, 0) is 36.5 Å². The molecular formula is C10H12ClNO2. The van der Waals surface area contributed by atoms with Crippen molar-refractivity contribution < 1.29 is 9.90 Å². The molecule has 0 unspecified atom stereocenters. The molecule has 0 bridgehead atoms. The highest BCUT2D eigenvalue weighted by Crippen LogP contribution is 2.40. The van der Waals surface area contributed by atoms with Gasteiger partial charge in [-0.3, -0.25) is 0 Å². The monoisotopic (exact) mass is 213 g/mol. The summed E-state index contributed by atoms with van der Waals surface area (Å²) in [5.74, 6) is 0.845. The molecule has 0 saturated heterocycles. The Kier molecular flexibility index (Phi) is 3.77. The fourth-order valence-electron chi connectivity index (χ4n) is 1.15. The van der Waals surface area contributed by atoms with E-state index in [-0.39, 0.29) is 0 Å². The van der Waals surface area contributed by atoms with Crippen LogP contribution in [-0.2, 0) is 0 Å². The highest BCUT2D eigenvalue weighted by atomic mass is 35.5. The molecule has 0 aromatic heterocycles. The Morgan fingerprint density at radius 2 is 1.79 bits per heavy atom. The second kappa shape index (κ2) is 4.86.